The van der Waals surface area contributed by atoms with E-state index >= 15 is 0 Å². The third-order valence-corrected chi connectivity index (χ3v) is 3.94. The fraction of sp³-hybridized carbons (Fsp3) is 0.529. The molecular formula is C17H23NO3. The molecule has 1 aliphatic rings. The number of ketones is 1. The second-order valence-electron chi connectivity index (χ2n) is 5.84. The van der Waals surface area contributed by atoms with Crippen molar-refractivity contribution in [2.24, 2.45) is 5.92 Å². The Morgan fingerprint density at radius 3 is 2.48 bits per heavy atom. The predicted octanol–water partition coefficient (Wildman–Crippen LogP) is 2.84. The van der Waals surface area contributed by atoms with Crippen molar-refractivity contribution in [3.63, 3.8) is 0 Å². The van der Waals surface area contributed by atoms with E-state index in [1.165, 1.54) is 7.11 Å². The Hall–Kier alpha value is -1.84. The van der Waals surface area contributed by atoms with Crippen LogP contribution in [0.5, 0.6) is 0 Å². The number of benzene rings is 1. The lowest BCUT2D eigenvalue weighted by molar-refractivity contribution is -0.121. The van der Waals surface area contributed by atoms with Gasteiger partial charge in [0.05, 0.1) is 18.4 Å². The number of hydrogen-bond acceptors (Lipinski definition) is 4. The molecule has 1 aliphatic heterocycles. The first-order chi connectivity index (χ1) is 10.0. The van der Waals surface area contributed by atoms with Crippen molar-refractivity contribution in [1.82, 2.24) is 0 Å². The van der Waals surface area contributed by atoms with Crippen molar-refractivity contribution in [3.8, 4) is 0 Å². The van der Waals surface area contributed by atoms with Gasteiger partial charge in [-0.05, 0) is 30.5 Å². The van der Waals surface area contributed by atoms with Gasteiger partial charge in [-0.2, -0.15) is 0 Å². The van der Waals surface area contributed by atoms with Crippen molar-refractivity contribution >= 4 is 17.4 Å². The standard InChI is InChI=1S/C17H23NO3/c1-12(2)16(19)11-13-6-7-14(17(20)21-3)15(10-13)18-8-4-5-9-18/h6-7,10,12H,4-5,8-9,11H2,1-3H3. The molecule has 2 rings (SSSR count). The molecular weight excluding hydrogens is 266 g/mol. The maximum absolute atomic E-state index is 11.9. The zero-order valence-corrected chi connectivity index (χ0v) is 13.0. The molecule has 0 amide bonds. The highest BCUT2D eigenvalue weighted by molar-refractivity contribution is 5.96. The van der Waals surface area contributed by atoms with Gasteiger partial charge >= 0.3 is 5.97 Å². The molecule has 0 saturated carbocycles. The second kappa shape index (κ2) is 6.74. The van der Waals surface area contributed by atoms with Gasteiger partial charge in [-0.25, -0.2) is 4.79 Å². The number of rotatable bonds is 5. The lowest BCUT2D eigenvalue weighted by Crippen LogP contribution is -2.21. The van der Waals surface area contributed by atoms with Crippen LogP contribution in [0.3, 0.4) is 0 Å². The van der Waals surface area contributed by atoms with Gasteiger partial charge in [-0.3, -0.25) is 4.79 Å². The summed E-state index contributed by atoms with van der Waals surface area (Å²) in [4.78, 5) is 26.0. The van der Waals surface area contributed by atoms with E-state index in [9.17, 15) is 9.59 Å². The lowest BCUT2D eigenvalue weighted by Gasteiger charge is -2.21. The molecule has 4 nitrogen and oxygen atoms in total. The van der Waals surface area contributed by atoms with Gasteiger partial charge in [0.1, 0.15) is 5.78 Å². The summed E-state index contributed by atoms with van der Waals surface area (Å²) in [6, 6.07) is 5.60. The molecule has 1 aromatic carbocycles. The van der Waals surface area contributed by atoms with E-state index in [1.54, 1.807) is 6.07 Å². The smallest absolute Gasteiger partial charge is 0.339 e. The van der Waals surface area contributed by atoms with Gasteiger partial charge in [0.2, 0.25) is 0 Å². The largest absolute Gasteiger partial charge is 0.465 e. The number of ether oxygens (including phenoxy) is 1. The van der Waals surface area contributed by atoms with E-state index in [1.807, 2.05) is 26.0 Å². The van der Waals surface area contributed by atoms with Crippen LogP contribution in [0.15, 0.2) is 18.2 Å². The number of Topliss-reactive ketones (excluding diaryl/α,β-unsaturated/α-hetero) is 1. The highest BCUT2D eigenvalue weighted by atomic mass is 16.5. The van der Waals surface area contributed by atoms with Crippen LogP contribution in [0.25, 0.3) is 0 Å². The lowest BCUT2D eigenvalue weighted by atomic mass is 9.99. The number of esters is 1. The summed E-state index contributed by atoms with van der Waals surface area (Å²) in [6.07, 6.45) is 2.69. The average Bonchev–Trinajstić information content (AvgIpc) is 3.00. The molecule has 0 aromatic heterocycles. The van der Waals surface area contributed by atoms with E-state index in [0.717, 1.165) is 37.2 Å². The van der Waals surface area contributed by atoms with Crippen LogP contribution in [0, 0.1) is 5.92 Å². The summed E-state index contributed by atoms with van der Waals surface area (Å²) in [7, 11) is 1.40. The molecule has 1 heterocycles. The SMILES string of the molecule is COC(=O)c1ccc(CC(=O)C(C)C)cc1N1CCCC1. The molecule has 0 bridgehead atoms. The Balaban J connectivity index is 2.31. The van der Waals surface area contributed by atoms with Crippen LogP contribution in [0.2, 0.25) is 0 Å². The van der Waals surface area contributed by atoms with E-state index < -0.39 is 0 Å². The quantitative estimate of drug-likeness (QED) is 0.782. The first kappa shape index (κ1) is 15.5. The summed E-state index contributed by atoms with van der Waals surface area (Å²) in [6.45, 7) is 5.72. The first-order valence-electron chi connectivity index (χ1n) is 7.52. The van der Waals surface area contributed by atoms with Crippen LogP contribution in [0.4, 0.5) is 5.69 Å². The number of hydrogen-bond donors (Lipinski definition) is 0. The fourth-order valence-electron chi connectivity index (χ4n) is 2.59. The number of carbonyl (C=O) groups is 2. The summed E-state index contributed by atoms with van der Waals surface area (Å²) < 4.78 is 4.86. The normalized spacial score (nSPS) is 14.6. The van der Waals surface area contributed by atoms with E-state index in [4.69, 9.17) is 4.74 Å². The maximum atomic E-state index is 11.9. The van der Waals surface area contributed by atoms with E-state index in [0.29, 0.717) is 12.0 Å². The molecule has 0 atom stereocenters. The van der Waals surface area contributed by atoms with E-state index in [2.05, 4.69) is 4.90 Å². The van der Waals surface area contributed by atoms with Gasteiger partial charge in [0.15, 0.2) is 0 Å². The van der Waals surface area contributed by atoms with Crippen molar-refractivity contribution in [3.05, 3.63) is 29.3 Å². The van der Waals surface area contributed by atoms with Crippen molar-refractivity contribution < 1.29 is 14.3 Å². The summed E-state index contributed by atoms with van der Waals surface area (Å²) in [5, 5.41) is 0. The van der Waals surface area contributed by atoms with Crippen molar-refractivity contribution in [2.45, 2.75) is 33.1 Å². The first-order valence-corrected chi connectivity index (χ1v) is 7.52. The van der Waals surface area contributed by atoms with E-state index in [-0.39, 0.29) is 17.7 Å². The molecule has 114 valence electrons. The summed E-state index contributed by atoms with van der Waals surface area (Å²) in [5.41, 5.74) is 2.44. The summed E-state index contributed by atoms with van der Waals surface area (Å²) in [5.74, 6) is -0.0765. The topological polar surface area (TPSA) is 46.6 Å². The minimum absolute atomic E-state index is 0.0283. The Kier molecular flexibility index (Phi) is 4.99. The zero-order chi connectivity index (χ0) is 15.4. The Labute approximate surface area is 126 Å². The molecule has 0 N–H and O–H groups in total. The third kappa shape index (κ3) is 3.63. The van der Waals surface area contributed by atoms with Crippen molar-refractivity contribution in [2.75, 3.05) is 25.1 Å². The van der Waals surface area contributed by atoms with Gasteiger partial charge in [0.25, 0.3) is 0 Å². The monoisotopic (exact) mass is 289 g/mol. The van der Waals surface area contributed by atoms with Crippen LogP contribution < -0.4 is 4.90 Å². The van der Waals surface area contributed by atoms with Gasteiger partial charge in [0, 0.05) is 25.4 Å². The Morgan fingerprint density at radius 1 is 1.24 bits per heavy atom. The molecule has 1 saturated heterocycles. The Morgan fingerprint density at radius 2 is 1.90 bits per heavy atom. The molecule has 0 radical (unpaired) electrons. The third-order valence-electron chi connectivity index (χ3n) is 3.94. The number of nitrogens with zero attached hydrogens (tertiary/aromatic N) is 1. The van der Waals surface area contributed by atoms with Gasteiger partial charge in [-0.1, -0.05) is 19.9 Å². The maximum Gasteiger partial charge on any atom is 0.339 e. The van der Waals surface area contributed by atoms with Crippen molar-refractivity contribution in [1.29, 1.82) is 0 Å². The fourth-order valence-corrected chi connectivity index (χ4v) is 2.59. The number of methoxy groups -OCH3 is 1. The van der Waals surface area contributed by atoms with Crippen LogP contribution in [0.1, 0.15) is 42.6 Å². The average molecular weight is 289 g/mol. The van der Waals surface area contributed by atoms with Crippen LogP contribution in [-0.4, -0.2) is 32.0 Å². The highest BCUT2D eigenvalue weighted by Gasteiger charge is 2.21. The summed E-state index contributed by atoms with van der Waals surface area (Å²) >= 11 is 0. The minimum atomic E-state index is -0.321. The second-order valence-corrected chi connectivity index (χ2v) is 5.84. The Bertz CT molecular complexity index is 531. The molecule has 4 heteroatoms. The van der Waals surface area contributed by atoms with Crippen LogP contribution in [-0.2, 0) is 16.0 Å². The number of anilines is 1. The molecule has 0 aliphatic carbocycles. The number of carbonyl (C=O) groups excluding carboxylic acids is 2. The molecule has 1 fully saturated rings. The molecule has 1 aromatic rings. The van der Waals surface area contributed by atoms with Gasteiger partial charge in [-0.15, -0.1) is 0 Å². The highest BCUT2D eigenvalue weighted by Crippen LogP contribution is 2.27. The van der Waals surface area contributed by atoms with Gasteiger partial charge < -0.3 is 9.64 Å². The minimum Gasteiger partial charge on any atom is -0.465 e. The molecule has 0 unspecified atom stereocenters. The molecule has 21 heavy (non-hydrogen) atoms. The predicted molar refractivity (Wildman–Crippen MR) is 82.8 cm³/mol. The molecule has 0 spiro atoms. The van der Waals surface area contributed by atoms with Crippen LogP contribution >= 0.6 is 0 Å². The zero-order valence-electron chi connectivity index (χ0n) is 13.0.